The quantitative estimate of drug-likeness (QED) is 0.668. The van der Waals surface area contributed by atoms with Gasteiger partial charge in [-0.1, -0.05) is 19.9 Å². The molecule has 1 aliphatic rings. The summed E-state index contributed by atoms with van der Waals surface area (Å²) in [6, 6.07) is 9.69. The molecule has 2 heterocycles. The highest BCUT2D eigenvalue weighted by atomic mass is 32.2. The van der Waals surface area contributed by atoms with E-state index in [9.17, 15) is 18.0 Å². The first kappa shape index (κ1) is 23.0. The van der Waals surface area contributed by atoms with Crippen LogP contribution in [0.25, 0.3) is 0 Å². The summed E-state index contributed by atoms with van der Waals surface area (Å²) in [5.74, 6) is -0.351. The molecule has 1 aromatic heterocycles. The predicted molar refractivity (Wildman–Crippen MR) is 118 cm³/mol. The van der Waals surface area contributed by atoms with E-state index in [2.05, 4.69) is 10.2 Å². The average Bonchev–Trinajstić information content (AvgIpc) is 3.29. The summed E-state index contributed by atoms with van der Waals surface area (Å²) in [5.41, 5.74) is -0.547. The predicted octanol–water partition coefficient (Wildman–Crippen LogP) is 2.80. The third-order valence-corrected chi connectivity index (χ3v) is 7.53. The SMILES string of the molecule is CCN(CC)C(CNC(=O)c1cccc(N2C(=O)C(C)(C)CS2(=O)=O)c1)c1ccco1. The largest absolute Gasteiger partial charge is 0.468 e. The number of nitrogens with one attached hydrogen (secondary N) is 1. The number of benzene rings is 1. The Labute approximate surface area is 183 Å². The molecule has 1 N–H and O–H groups in total. The number of nitrogens with zero attached hydrogens (tertiary/aromatic N) is 2. The molecule has 0 radical (unpaired) electrons. The average molecular weight is 448 g/mol. The third kappa shape index (κ3) is 4.67. The molecule has 1 aliphatic heterocycles. The molecule has 8 nitrogen and oxygen atoms in total. The maximum atomic E-state index is 12.8. The Morgan fingerprint density at radius 3 is 2.48 bits per heavy atom. The van der Waals surface area contributed by atoms with Gasteiger partial charge in [0, 0.05) is 12.1 Å². The van der Waals surface area contributed by atoms with Crippen LogP contribution in [-0.4, -0.2) is 50.5 Å². The molecule has 1 saturated heterocycles. The van der Waals surface area contributed by atoms with Crippen molar-refractivity contribution in [2.45, 2.75) is 33.7 Å². The van der Waals surface area contributed by atoms with Crippen molar-refractivity contribution in [2.75, 3.05) is 29.7 Å². The minimum absolute atomic E-state index is 0.126. The van der Waals surface area contributed by atoms with Crippen LogP contribution in [0.15, 0.2) is 47.1 Å². The lowest BCUT2D eigenvalue weighted by atomic mass is 9.95. The Balaban J connectivity index is 1.80. The van der Waals surface area contributed by atoms with Crippen molar-refractivity contribution in [1.29, 1.82) is 0 Å². The van der Waals surface area contributed by atoms with E-state index in [4.69, 9.17) is 4.42 Å². The van der Waals surface area contributed by atoms with Crippen LogP contribution in [0.3, 0.4) is 0 Å². The van der Waals surface area contributed by atoms with Crippen LogP contribution in [0.2, 0.25) is 0 Å². The normalized spacial score (nSPS) is 18.4. The van der Waals surface area contributed by atoms with Crippen molar-refractivity contribution in [2.24, 2.45) is 5.41 Å². The van der Waals surface area contributed by atoms with Gasteiger partial charge in [-0.3, -0.25) is 14.5 Å². The van der Waals surface area contributed by atoms with Crippen LogP contribution in [0.4, 0.5) is 5.69 Å². The van der Waals surface area contributed by atoms with Crippen molar-refractivity contribution in [3.8, 4) is 0 Å². The highest BCUT2D eigenvalue weighted by Crippen LogP contribution is 2.36. The first-order valence-electron chi connectivity index (χ1n) is 10.3. The van der Waals surface area contributed by atoms with Crippen LogP contribution in [0.1, 0.15) is 49.9 Å². The molecular weight excluding hydrogens is 418 g/mol. The zero-order chi connectivity index (χ0) is 22.8. The first-order valence-corrected chi connectivity index (χ1v) is 11.9. The molecule has 168 valence electrons. The molecule has 0 saturated carbocycles. The third-order valence-electron chi connectivity index (χ3n) is 5.51. The van der Waals surface area contributed by atoms with Gasteiger partial charge in [-0.05, 0) is 57.3 Å². The van der Waals surface area contributed by atoms with E-state index in [1.807, 2.05) is 26.0 Å². The van der Waals surface area contributed by atoms with E-state index < -0.39 is 21.3 Å². The Hall–Kier alpha value is -2.65. The summed E-state index contributed by atoms with van der Waals surface area (Å²) < 4.78 is 31.5. The molecule has 1 aromatic carbocycles. The zero-order valence-corrected chi connectivity index (χ0v) is 19.1. The number of furan rings is 1. The first-order chi connectivity index (χ1) is 14.6. The van der Waals surface area contributed by atoms with Crippen molar-refractivity contribution in [3.05, 3.63) is 54.0 Å². The van der Waals surface area contributed by atoms with E-state index in [-0.39, 0.29) is 29.0 Å². The van der Waals surface area contributed by atoms with E-state index >= 15 is 0 Å². The summed E-state index contributed by atoms with van der Waals surface area (Å²) in [6.07, 6.45) is 1.60. The number of rotatable bonds is 8. The van der Waals surface area contributed by atoms with Gasteiger partial charge >= 0.3 is 0 Å². The molecule has 31 heavy (non-hydrogen) atoms. The highest BCUT2D eigenvalue weighted by molar-refractivity contribution is 7.94. The molecular formula is C22H29N3O5S. The molecule has 1 fully saturated rings. The van der Waals surface area contributed by atoms with Crippen molar-refractivity contribution < 1.29 is 22.4 Å². The number of likely N-dealkylation sites (N-methyl/N-ethyl adjacent to an activating group) is 1. The van der Waals surface area contributed by atoms with Gasteiger partial charge in [-0.15, -0.1) is 0 Å². The number of hydrogen-bond donors (Lipinski definition) is 1. The maximum absolute atomic E-state index is 12.8. The minimum Gasteiger partial charge on any atom is -0.468 e. The Morgan fingerprint density at radius 1 is 1.23 bits per heavy atom. The number of hydrogen-bond acceptors (Lipinski definition) is 6. The smallest absolute Gasteiger partial charge is 0.251 e. The fourth-order valence-corrected chi connectivity index (χ4v) is 5.98. The lowest BCUT2D eigenvalue weighted by molar-refractivity contribution is -0.123. The Kier molecular flexibility index (Phi) is 6.56. The second-order valence-corrected chi connectivity index (χ2v) is 10.0. The van der Waals surface area contributed by atoms with Crippen molar-refractivity contribution in [3.63, 3.8) is 0 Å². The molecule has 9 heteroatoms. The number of carbonyl (C=O) groups excluding carboxylic acids is 2. The fourth-order valence-electron chi connectivity index (χ4n) is 3.88. The molecule has 0 aliphatic carbocycles. The van der Waals surface area contributed by atoms with Crippen molar-refractivity contribution in [1.82, 2.24) is 10.2 Å². The summed E-state index contributed by atoms with van der Waals surface area (Å²) in [6.45, 7) is 9.19. The van der Waals surface area contributed by atoms with E-state index in [1.54, 1.807) is 32.2 Å². The van der Waals surface area contributed by atoms with Gasteiger partial charge in [0.1, 0.15) is 5.76 Å². The van der Waals surface area contributed by atoms with E-state index in [0.717, 1.165) is 23.2 Å². The number of anilines is 1. The maximum Gasteiger partial charge on any atom is 0.251 e. The molecule has 1 atom stereocenters. The molecule has 2 aromatic rings. The van der Waals surface area contributed by atoms with Crippen LogP contribution in [0.5, 0.6) is 0 Å². The van der Waals surface area contributed by atoms with Gasteiger partial charge in [-0.25, -0.2) is 12.7 Å². The van der Waals surface area contributed by atoms with Gasteiger partial charge < -0.3 is 9.73 Å². The molecule has 3 rings (SSSR count). The summed E-state index contributed by atoms with van der Waals surface area (Å²) in [7, 11) is -3.78. The van der Waals surface area contributed by atoms with Crippen LogP contribution in [0, 0.1) is 5.41 Å². The Morgan fingerprint density at radius 2 is 1.94 bits per heavy atom. The Bertz CT molecular complexity index is 1040. The number of sulfonamides is 1. The fraction of sp³-hybridized carbons (Fsp3) is 0.455. The van der Waals surface area contributed by atoms with Crippen molar-refractivity contribution >= 4 is 27.5 Å². The van der Waals surface area contributed by atoms with Crippen LogP contribution < -0.4 is 9.62 Å². The second-order valence-electron chi connectivity index (χ2n) is 8.22. The molecule has 0 spiro atoms. The highest BCUT2D eigenvalue weighted by Gasteiger charge is 2.50. The monoisotopic (exact) mass is 447 g/mol. The molecule has 1 unspecified atom stereocenters. The second kappa shape index (κ2) is 8.84. The van der Waals surface area contributed by atoms with E-state index in [1.165, 1.54) is 12.1 Å². The van der Waals surface area contributed by atoms with Crippen LogP contribution in [-0.2, 0) is 14.8 Å². The lowest BCUT2D eigenvalue weighted by Gasteiger charge is -2.28. The number of carbonyl (C=O) groups is 2. The van der Waals surface area contributed by atoms with Gasteiger partial charge in [0.15, 0.2) is 0 Å². The molecule has 2 amide bonds. The summed E-state index contributed by atoms with van der Waals surface area (Å²) in [4.78, 5) is 27.7. The molecule has 0 bridgehead atoms. The minimum atomic E-state index is -3.78. The van der Waals surface area contributed by atoms with Gasteiger partial charge in [-0.2, -0.15) is 0 Å². The van der Waals surface area contributed by atoms with Gasteiger partial charge in [0.05, 0.1) is 29.2 Å². The topological polar surface area (TPSA) is 99.9 Å². The van der Waals surface area contributed by atoms with E-state index in [0.29, 0.717) is 6.54 Å². The summed E-state index contributed by atoms with van der Waals surface area (Å²) >= 11 is 0. The number of amides is 2. The summed E-state index contributed by atoms with van der Waals surface area (Å²) in [5, 5.41) is 2.91. The van der Waals surface area contributed by atoms with Crippen LogP contribution >= 0.6 is 0 Å². The standard InChI is InChI=1S/C22H29N3O5S/c1-5-24(6-2)18(19-11-8-12-30-19)14-23-20(26)16-9-7-10-17(13-16)25-21(27)22(3,4)15-31(25,28)29/h7-13,18H,5-6,14-15H2,1-4H3,(H,23,26). The zero-order valence-electron chi connectivity index (χ0n) is 18.3. The van der Waals surface area contributed by atoms with Gasteiger partial charge in [0.2, 0.25) is 15.9 Å². The lowest BCUT2D eigenvalue weighted by Crippen LogP contribution is -2.38. The van der Waals surface area contributed by atoms with Gasteiger partial charge in [0.25, 0.3) is 5.91 Å².